The van der Waals surface area contributed by atoms with Crippen LogP contribution in [0, 0.1) is 0 Å². The van der Waals surface area contributed by atoms with Crippen molar-refractivity contribution in [1.29, 1.82) is 0 Å². The smallest absolute Gasteiger partial charge is 0.180 e. The lowest BCUT2D eigenvalue weighted by atomic mass is 10.2. The molecule has 0 fully saturated rings. The van der Waals surface area contributed by atoms with Crippen molar-refractivity contribution >= 4 is 28.5 Å². The number of aromatic amines is 1. The molecule has 3 aromatic rings. The Balaban J connectivity index is 1.28. The molecule has 29 heavy (non-hydrogen) atoms. The highest BCUT2D eigenvalue weighted by Crippen LogP contribution is 2.22. The van der Waals surface area contributed by atoms with Gasteiger partial charge in [0.05, 0.1) is 11.4 Å². The number of hydrogen-bond donors (Lipinski definition) is 3. The predicted octanol–water partition coefficient (Wildman–Crippen LogP) is 1.76. The number of nitrogen functional groups attached to an aromatic ring is 1. The van der Waals surface area contributed by atoms with E-state index in [-0.39, 0.29) is 18.9 Å². The number of thiazole rings is 1. The fourth-order valence-corrected chi connectivity index (χ4v) is 3.47. The van der Waals surface area contributed by atoms with Crippen LogP contribution in [0.25, 0.3) is 11.4 Å². The molecule has 0 saturated carbocycles. The number of aldehydes is 1. The molecule has 0 saturated heterocycles. The molecule has 150 valence electrons. The Morgan fingerprint density at radius 2 is 2.14 bits per heavy atom. The SMILES string of the molecule is Nc1nc(/C(C=O)=N/OCCOc2ccc(-c3nc4c([nH]3)CNCC4)cc2)cs1. The maximum atomic E-state index is 11.1. The van der Waals surface area contributed by atoms with Crippen LogP contribution in [0.15, 0.2) is 34.8 Å². The molecule has 4 N–H and O–H groups in total. The van der Waals surface area contributed by atoms with E-state index in [9.17, 15) is 4.79 Å². The van der Waals surface area contributed by atoms with Gasteiger partial charge in [0.15, 0.2) is 23.7 Å². The van der Waals surface area contributed by atoms with Gasteiger partial charge in [-0.3, -0.25) is 4.79 Å². The summed E-state index contributed by atoms with van der Waals surface area (Å²) in [7, 11) is 0. The summed E-state index contributed by atoms with van der Waals surface area (Å²) < 4.78 is 5.65. The molecule has 4 rings (SSSR count). The third-order valence-corrected chi connectivity index (χ3v) is 5.01. The van der Waals surface area contributed by atoms with Crippen molar-refractivity contribution in [2.75, 3.05) is 25.5 Å². The summed E-state index contributed by atoms with van der Waals surface area (Å²) in [5, 5.41) is 9.13. The van der Waals surface area contributed by atoms with Crippen molar-refractivity contribution in [2.24, 2.45) is 5.16 Å². The average molecular weight is 412 g/mol. The van der Waals surface area contributed by atoms with Crippen molar-refractivity contribution in [3.8, 4) is 17.1 Å². The van der Waals surface area contributed by atoms with Gasteiger partial charge >= 0.3 is 0 Å². The van der Waals surface area contributed by atoms with Gasteiger partial charge in [-0.25, -0.2) is 9.97 Å². The molecule has 3 heterocycles. The molecule has 0 spiro atoms. The average Bonchev–Trinajstić information content (AvgIpc) is 3.37. The Labute approximate surface area is 171 Å². The Kier molecular flexibility index (Phi) is 5.82. The molecule has 0 atom stereocenters. The summed E-state index contributed by atoms with van der Waals surface area (Å²) in [5.41, 5.74) is 9.33. The molecular weight excluding hydrogens is 392 g/mol. The molecule has 10 heteroatoms. The third kappa shape index (κ3) is 4.61. The van der Waals surface area contributed by atoms with Gasteiger partial charge < -0.3 is 25.6 Å². The molecule has 0 unspecified atom stereocenters. The number of oxime groups is 1. The van der Waals surface area contributed by atoms with Crippen LogP contribution >= 0.6 is 11.3 Å². The number of nitrogens with one attached hydrogen (secondary N) is 2. The summed E-state index contributed by atoms with van der Waals surface area (Å²) >= 11 is 1.23. The number of rotatable bonds is 8. The Hall–Kier alpha value is -3.24. The first-order valence-corrected chi connectivity index (χ1v) is 9.99. The number of hydrogen-bond acceptors (Lipinski definition) is 9. The molecule has 9 nitrogen and oxygen atoms in total. The van der Waals surface area contributed by atoms with Crippen LogP contribution in [-0.4, -0.2) is 46.7 Å². The Bertz CT molecular complexity index is 988. The zero-order valence-electron chi connectivity index (χ0n) is 15.6. The van der Waals surface area contributed by atoms with Gasteiger partial charge in [0.1, 0.15) is 23.9 Å². The molecular formula is C19H20N6O3S. The van der Waals surface area contributed by atoms with Crippen molar-refractivity contribution in [2.45, 2.75) is 13.0 Å². The van der Waals surface area contributed by atoms with Crippen LogP contribution in [0.4, 0.5) is 5.13 Å². The Morgan fingerprint density at radius 1 is 1.28 bits per heavy atom. The van der Waals surface area contributed by atoms with E-state index < -0.39 is 0 Å². The minimum absolute atomic E-state index is 0.0960. The fourth-order valence-electron chi connectivity index (χ4n) is 2.91. The summed E-state index contributed by atoms with van der Waals surface area (Å²) in [6, 6.07) is 7.69. The fraction of sp³-hybridized carbons (Fsp3) is 0.263. The zero-order chi connectivity index (χ0) is 20.1. The lowest BCUT2D eigenvalue weighted by Gasteiger charge is -2.09. The molecule has 1 aromatic carbocycles. The van der Waals surface area contributed by atoms with E-state index >= 15 is 0 Å². The molecule has 0 bridgehead atoms. The molecule has 0 radical (unpaired) electrons. The van der Waals surface area contributed by atoms with Crippen molar-refractivity contribution < 1.29 is 14.4 Å². The number of ether oxygens (including phenoxy) is 1. The van der Waals surface area contributed by atoms with Crippen molar-refractivity contribution in [1.82, 2.24) is 20.3 Å². The minimum Gasteiger partial charge on any atom is -0.490 e. The van der Waals surface area contributed by atoms with E-state index in [2.05, 4.69) is 25.4 Å². The number of aromatic nitrogens is 3. The number of anilines is 1. The second-order valence-electron chi connectivity index (χ2n) is 6.31. The van der Waals surface area contributed by atoms with Gasteiger partial charge in [0.2, 0.25) is 0 Å². The molecule has 2 aromatic heterocycles. The van der Waals surface area contributed by atoms with Gasteiger partial charge in [-0.05, 0) is 24.3 Å². The first-order chi connectivity index (χ1) is 14.2. The molecule has 0 aliphatic carbocycles. The highest BCUT2D eigenvalue weighted by molar-refractivity contribution is 7.13. The topological polar surface area (TPSA) is 128 Å². The minimum atomic E-state index is 0.0960. The van der Waals surface area contributed by atoms with E-state index in [0.29, 0.717) is 22.9 Å². The van der Waals surface area contributed by atoms with E-state index in [1.165, 1.54) is 11.3 Å². The number of carbonyl (C=O) groups is 1. The quantitative estimate of drug-likeness (QED) is 0.223. The van der Waals surface area contributed by atoms with Crippen molar-refractivity contribution in [3.05, 3.63) is 46.7 Å². The molecule has 1 aliphatic heterocycles. The van der Waals surface area contributed by atoms with Crippen LogP contribution in [0.1, 0.15) is 17.1 Å². The second-order valence-corrected chi connectivity index (χ2v) is 7.20. The number of benzene rings is 1. The summed E-state index contributed by atoms with van der Waals surface area (Å²) in [6.45, 7) is 2.27. The van der Waals surface area contributed by atoms with Gasteiger partial charge in [0, 0.05) is 30.5 Å². The lowest BCUT2D eigenvalue weighted by molar-refractivity contribution is -0.102. The van der Waals surface area contributed by atoms with Crippen LogP contribution in [0.5, 0.6) is 5.75 Å². The first-order valence-electron chi connectivity index (χ1n) is 9.11. The second kappa shape index (κ2) is 8.84. The van der Waals surface area contributed by atoms with Gasteiger partial charge in [-0.1, -0.05) is 5.16 Å². The third-order valence-electron chi connectivity index (χ3n) is 4.33. The summed E-state index contributed by atoms with van der Waals surface area (Å²) in [6.07, 6.45) is 1.52. The van der Waals surface area contributed by atoms with Gasteiger partial charge in [0.25, 0.3) is 0 Å². The van der Waals surface area contributed by atoms with Crippen molar-refractivity contribution in [3.63, 3.8) is 0 Å². The number of nitrogens with two attached hydrogens (primary N) is 1. The number of H-pyrrole nitrogens is 1. The van der Waals surface area contributed by atoms with Crippen LogP contribution in [-0.2, 0) is 22.6 Å². The molecule has 1 aliphatic rings. The monoisotopic (exact) mass is 412 g/mol. The molecule has 0 amide bonds. The van der Waals surface area contributed by atoms with Gasteiger partial charge in [-0.2, -0.15) is 0 Å². The predicted molar refractivity (Wildman–Crippen MR) is 110 cm³/mol. The number of imidazole rings is 1. The van der Waals surface area contributed by atoms with Crippen LogP contribution < -0.4 is 15.8 Å². The van der Waals surface area contributed by atoms with E-state index in [1.54, 1.807) is 5.38 Å². The first kappa shape index (κ1) is 19.1. The standard InChI is InChI=1S/C19H20N6O3S/c20-19-24-17(11-29-19)16(10-26)25-28-8-7-27-13-3-1-12(2-4-13)18-22-14-5-6-21-9-15(14)23-18/h1-4,10-11,21H,5-9H2,(H2,20,24)(H,22,23)/b25-16+. The van der Waals surface area contributed by atoms with E-state index in [0.717, 1.165) is 42.3 Å². The highest BCUT2D eigenvalue weighted by Gasteiger charge is 2.14. The Morgan fingerprint density at radius 3 is 2.86 bits per heavy atom. The van der Waals surface area contributed by atoms with Crippen LogP contribution in [0.3, 0.4) is 0 Å². The maximum absolute atomic E-state index is 11.1. The van der Waals surface area contributed by atoms with E-state index in [4.69, 9.17) is 15.3 Å². The lowest BCUT2D eigenvalue weighted by Crippen LogP contribution is -2.23. The zero-order valence-corrected chi connectivity index (χ0v) is 16.4. The summed E-state index contributed by atoms with van der Waals surface area (Å²) in [5.74, 6) is 1.58. The summed E-state index contributed by atoms with van der Waals surface area (Å²) in [4.78, 5) is 28.3. The number of nitrogens with zero attached hydrogens (tertiary/aromatic N) is 3. The largest absolute Gasteiger partial charge is 0.490 e. The maximum Gasteiger partial charge on any atom is 0.180 e. The van der Waals surface area contributed by atoms with Crippen LogP contribution in [0.2, 0.25) is 0 Å². The number of carbonyl (C=O) groups excluding carboxylic acids is 1. The van der Waals surface area contributed by atoms with E-state index in [1.807, 2.05) is 24.3 Å². The van der Waals surface area contributed by atoms with Gasteiger partial charge in [-0.15, -0.1) is 11.3 Å². The number of fused-ring (bicyclic) bond motifs is 1. The normalized spacial score (nSPS) is 13.7. The highest BCUT2D eigenvalue weighted by atomic mass is 32.1.